The number of halogens is 2. The molecule has 0 aliphatic carbocycles. The van der Waals surface area contributed by atoms with Crippen molar-refractivity contribution in [2.75, 3.05) is 24.2 Å². The maximum Gasteiger partial charge on any atom is 0.244 e. The fourth-order valence-corrected chi connectivity index (χ4v) is 4.03. The maximum absolute atomic E-state index is 12.6. The van der Waals surface area contributed by atoms with Crippen LogP contribution in [0.3, 0.4) is 0 Å². The van der Waals surface area contributed by atoms with Gasteiger partial charge in [-0.3, -0.25) is 9.59 Å². The molecule has 0 aliphatic heterocycles. The van der Waals surface area contributed by atoms with E-state index in [1.807, 2.05) is 0 Å². The van der Waals surface area contributed by atoms with Crippen molar-refractivity contribution in [1.82, 2.24) is 4.31 Å². The molecule has 0 aliphatic rings. The first-order chi connectivity index (χ1) is 12.6. The number of carbonyl (C=O) groups is 2. The van der Waals surface area contributed by atoms with Gasteiger partial charge < -0.3 is 10.6 Å². The molecule has 7 nitrogen and oxygen atoms in total. The third kappa shape index (κ3) is 5.67. The van der Waals surface area contributed by atoms with Crippen LogP contribution < -0.4 is 10.6 Å². The molecular formula is C17H17Cl2N3O4S. The number of nitrogens with zero attached hydrogens (tertiary/aromatic N) is 1. The normalized spacial score (nSPS) is 11.3. The smallest absolute Gasteiger partial charge is 0.244 e. The lowest BCUT2D eigenvalue weighted by molar-refractivity contribution is -0.116. The second-order valence-electron chi connectivity index (χ2n) is 5.64. The van der Waals surface area contributed by atoms with E-state index in [-0.39, 0.29) is 20.8 Å². The first-order valence-corrected chi connectivity index (χ1v) is 9.88. The summed E-state index contributed by atoms with van der Waals surface area (Å²) >= 11 is 11.8. The minimum Gasteiger partial charge on any atom is -0.326 e. The second-order valence-corrected chi connectivity index (χ2v) is 8.50. The van der Waals surface area contributed by atoms with E-state index in [1.165, 1.54) is 32.2 Å². The average Bonchev–Trinajstić information content (AvgIpc) is 2.58. The van der Waals surface area contributed by atoms with Gasteiger partial charge in [-0.1, -0.05) is 23.2 Å². The third-order valence-corrected chi connectivity index (χ3v) is 5.96. The molecule has 0 saturated carbocycles. The van der Waals surface area contributed by atoms with Crippen molar-refractivity contribution in [2.45, 2.75) is 11.8 Å². The number of benzene rings is 2. The van der Waals surface area contributed by atoms with Gasteiger partial charge in [0, 0.05) is 30.4 Å². The molecule has 0 bridgehead atoms. The number of amides is 2. The summed E-state index contributed by atoms with van der Waals surface area (Å²) in [6, 6.07) is 10.5. The molecule has 0 fully saturated rings. The Kier molecular flexibility index (Phi) is 6.83. The molecule has 0 heterocycles. The summed E-state index contributed by atoms with van der Waals surface area (Å²) in [5.74, 6) is -0.746. The van der Waals surface area contributed by atoms with E-state index < -0.39 is 22.5 Å². The number of anilines is 2. The van der Waals surface area contributed by atoms with Crippen LogP contribution in [0.4, 0.5) is 11.4 Å². The van der Waals surface area contributed by atoms with Crippen molar-refractivity contribution in [3.05, 3.63) is 52.5 Å². The summed E-state index contributed by atoms with van der Waals surface area (Å²) in [6.45, 7) is 0.969. The van der Waals surface area contributed by atoms with Crippen molar-refractivity contribution < 1.29 is 18.0 Å². The van der Waals surface area contributed by atoms with Crippen LogP contribution in [0, 0.1) is 0 Å². The van der Waals surface area contributed by atoms with Gasteiger partial charge in [0.2, 0.25) is 21.8 Å². The van der Waals surface area contributed by atoms with Gasteiger partial charge in [0.15, 0.2) is 0 Å². The zero-order valence-electron chi connectivity index (χ0n) is 14.5. The monoisotopic (exact) mass is 429 g/mol. The quantitative estimate of drug-likeness (QED) is 0.736. The molecule has 2 N–H and O–H groups in total. The zero-order valence-corrected chi connectivity index (χ0v) is 16.8. The predicted octanol–water partition coefficient (Wildman–Crippen LogP) is 3.21. The van der Waals surface area contributed by atoms with Crippen LogP contribution in [0.25, 0.3) is 0 Å². The van der Waals surface area contributed by atoms with Gasteiger partial charge in [0.25, 0.3) is 0 Å². The Balaban J connectivity index is 2.06. The number of nitrogens with one attached hydrogen (secondary N) is 2. The zero-order chi connectivity index (χ0) is 20.2. The lowest BCUT2D eigenvalue weighted by Gasteiger charge is -2.18. The van der Waals surface area contributed by atoms with Crippen LogP contribution in [0.2, 0.25) is 10.0 Å². The van der Waals surface area contributed by atoms with E-state index in [9.17, 15) is 18.0 Å². The summed E-state index contributed by atoms with van der Waals surface area (Å²) in [5, 5.41) is 5.42. The number of likely N-dealkylation sites (N-methyl/N-ethyl adjacent to an activating group) is 1. The van der Waals surface area contributed by atoms with Gasteiger partial charge in [0.05, 0.1) is 11.6 Å². The van der Waals surface area contributed by atoms with Crippen LogP contribution in [0.15, 0.2) is 47.4 Å². The van der Waals surface area contributed by atoms with Crippen molar-refractivity contribution in [3.8, 4) is 0 Å². The Labute approximate surface area is 167 Å². The molecule has 0 unspecified atom stereocenters. The van der Waals surface area contributed by atoms with Crippen molar-refractivity contribution in [2.24, 2.45) is 0 Å². The standard InChI is InChI=1S/C17H17Cl2N3O4S/c1-11(23)20-13-4-6-14(7-5-13)21-17(24)10-22(2)27(25,26)16-9-12(18)3-8-15(16)19/h3-9H,10H2,1-2H3,(H,20,23)(H,21,24). The Morgan fingerprint density at radius 1 is 1.00 bits per heavy atom. The molecule has 2 aromatic rings. The molecular weight excluding hydrogens is 413 g/mol. The Morgan fingerprint density at radius 3 is 2.11 bits per heavy atom. The minimum absolute atomic E-state index is 0.0141. The van der Waals surface area contributed by atoms with Gasteiger partial charge in [-0.2, -0.15) is 4.31 Å². The molecule has 27 heavy (non-hydrogen) atoms. The number of hydrogen-bond donors (Lipinski definition) is 2. The van der Waals surface area contributed by atoms with E-state index in [0.717, 1.165) is 4.31 Å². The number of hydrogen-bond acceptors (Lipinski definition) is 4. The van der Waals surface area contributed by atoms with Crippen molar-refractivity contribution >= 4 is 56.4 Å². The summed E-state index contributed by atoms with van der Waals surface area (Å²) < 4.78 is 26.1. The molecule has 0 spiro atoms. The summed E-state index contributed by atoms with van der Waals surface area (Å²) in [5.41, 5.74) is 1.04. The minimum atomic E-state index is -3.99. The van der Waals surface area contributed by atoms with Crippen LogP contribution in [0.1, 0.15) is 6.92 Å². The van der Waals surface area contributed by atoms with Crippen molar-refractivity contribution in [1.29, 1.82) is 0 Å². The average molecular weight is 430 g/mol. The molecule has 0 atom stereocenters. The van der Waals surface area contributed by atoms with E-state index >= 15 is 0 Å². The Hall–Kier alpha value is -2.13. The molecule has 2 rings (SSSR count). The first-order valence-electron chi connectivity index (χ1n) is 7.68. The fourth-order valence-electron chi connectivity index (χ4n) is 2.17. The van der Waals surface area contributed by atoms with Crippen LogP contribution >= 0.6 is 23.2 Å². The fraction of sp³-hybridized carbons (Fsp3) is 0.176. The maximum atomic E-state index is 12.6. The molecule has 2 amide bonds. The third-order valence-electron chi connectivity index (χ3n) is 3.44. The van der Waals surface area contributed by atoms with Gasteiger partial charge in [0.1, 0.15) is 4.90 Å². The van der Waals surface area contributed by atoms with E-state index in [1.54, 1.807) is 24.3 Å². The van der Waals surface area contributed by atoms with Gasteiger partial charge >= 0.3 is 0 Å². The summed E-state index contributed by atoms with van der Waals surface area (Å²) in [4.78, 5) is 23.0. The Morgan fingerprint density at radius 2 is 1.56 bits per heavy atom. The number of carbonyl (C=O) groups excluding carboxylic acids is 2. The highest BCUT2D eigenvalue weighted by atomic mass is 35.5. The SMILES string of the molecule is CC(=O)Nc1ccc(NC(=O)CN(C)S(=O)(=O)c2cc(Cl)ccc2Cl)cc1. The van der Waals surface area contributed by atoms with Crippen LogP contribution in [-0.4, -0.2) is 38.1 Å². The number of sulfonamides is 1. The highest BCUT2D eigenvalue weighted by Crippen LogP contribution is 2.27. The van der Waals surface area contributed by atoms with E-state index in [4.69, 9.17) is 23.2 Å². The molecule has 0 radical (unpaired) electrons. The van der Waals surface area contributed by atoms with Crippen LogP contribution in [-0.2, 0) is 19.6 Å². The van der Waals surface area contributed by atoms with E-state index in [0.29, 0.717) is 11.4 Å². The highest BCUT2D eigenvalue weighted by Gasteiger charge is 2.25. The lowest BCUT2D eigenvalue weighted by Crippen LogP contribution is -2.35. The molecule has 2 aromatic carbocycles. The molecule has 0 saturated heterocycles. The summed E-state index contributed by atoms with van der Waals surface area (Å²) in [7, 11) is -2.72. The molecule has 0 aromatic heterocycles. The first kappa shape index (κ1) is 21.2. The van der Waals surface area contributed by atoms with E-state index in [2.05, 4.69) is 10.6 Å². The molecule has 144 valence electrons. The topological polar surface area (TPSA) is 95.6 Å². The largest absolute Gasteiger partial charge is 0.326 e. The molecule has 10 heteroatoms. The number of rotatable bonds is 6. The van der Waals surface area contributed by atoms with Crippen LogP contribution in [0.5, 0.6) is 0 Å². The lowest BCUT2D eigenvalue weighted by atomic mass is 10.2. The van der Waals surface area contributed by atoms with Gasteiger partial charge in [-0.05, 0) is 42.5 Å². The van der Waals surface area contributed by atoms with Gasteiger partial charge in [-0.15, -0.1) is 0 Å². The highest BCUT2D eigenvalue weighted by molar-refractivity contribution is 7.89. The Bertz CT molecular complexity index is 963. The van der Waals surface area contributed by atoms with Crippen molar-refractivity contribution in [3.63, 3.8) is 0 Å². The van der Waals surface area contributed by atoms with Gasteiger partial charge in [-0.25, -0.2) is 8.42 Å². The second kappa shape index (κ2) is 8.71. The summed E-state index contributed by atoms with van der Waals surface area (Å²) in [6.07, 6.45) is 0. The predicted molar refractivity (Wildman–Crippen MR) is 106 cm³/mol.